The van der Waals surface area contributed by atoms with Gasteiger partial charge < -0.3 is 23.7 Å². The van der Waals surface area contributed by atoms with Crippen LogP contribution < -0.4 is 0 Å². The number of ether oxygens (including phenoxy) is 5. The van der Waals surface area contributed by atoms with Crippen molar-refractivity contribution in [3.8, 4) is 0 Å². The van der Waals surface area contributed by atoms with E-state index in [9.17, 15) is 15.1 Å². The Morgan fingerprint density at radius 3 is 1.87 bits per heavy atom. The number of esters is 1. The SMILES string of the molecule is CCCCCCCCCCCCC/C=C/[C@@H](OC(=O)c1ccccc1)[C@H](CO[C@@]1(C=C=O)O[C@H](COOC(C)(C)C)[C@H](OOC(C)(C)C)[C@H](OCc2ccccc2)[C@H]1OCc1ccccc1)N=[N+]=[N-]. The molecule has 0 saturated carbocycles. The number of hydrogen-bond acceptors (Lipinski definition) is 12. The van der Waals surface area contributed by atoms with Crippen LogP contribution in [0.1, 0.15) is 147 Å². The summed E-state index contributed by atoms with van der Waals surface area (Å²) in [5.41, 5.74) is 10.5. The van der Waals surface area contributed by atoms with Crippen LogP contribution in [0.4, 0.5) is 0 Å². The quantitative estimate of drug-likeness (QED) is 0.00672. The highest BCUT2D eigenvalue weighted by molar-refractivity contribution is 5.89. The van der Waals surface area contributed by atoms with Crippen LogP contribution in [0.5, 0.6) is 0 Å². The van der Waals surface area contributed by atoms with E-state index in [1.807, 2.05) is 114 Å². The molecular formula is C55H77N3O11. The molecule has 0 bridgehead atoms. The summed E-state index contributed by atoms with van der Waals surface area (Å²) in [7, 11) is 0. The van der Waals surface area contributed by atoms with Crippen molar-refractivity contribution in [2.45, 2.75) is 192 Å². The van der Waals surface area contributed by atoms with E-state index >= 15 is 0 Å². The molecule has 3 aromatic carbocycles. The molecule has 0 radical (unpaired) electrons. The molecule has 0 aliphatic carbocycles. The maximum atomic E-state index is 13.7. The molecule has 7 atom stereocenters. The van der Waals surface area contributed by atoms with Gasteiger partial charge >= 0.3 is 5.97 Å². The minimum absolute atomic E-state index is 0.0257. The lowest BCUT2D eigenvalue weighted by atomic mass is 9.91. The summed E-state index contributed by atoms with van der Waals surface area (Å²) in [6.07, 6.45) is 13.2. The summed E-state index contributed by atoms with van der Waals surface area (Å²) in [6, 6.07) is 26.4. The first-order valence-electron chi connectivity index (χ1n) is 24.7. The number of unbranched alkanes of at least 4 members (excludes halogenated alkanes) is 11. The van der Waals surface area contributed by atoms with Crippen LogP contribution in [0.25, 0.3) is 10.4 Å². The maximum absolute atomic E-state index is 13.7. The van der Waals surface area contributed by atoms with Crippen molar-refractivity contribution in [1.82, 2.24) is 0 Å². The number of azide groups is 1. The smallest absolute Gasteiger partial charge is 0.338 e. The van der Waals surface area contributed by atoms with Crippen molar-refractivity contribution in [3.05, 3.63) is 136 Å². The van der Waals surface area contributed by atoms with Crippen LogP contribution in [0.3, 0.4) is 0 Å². The second kappa shape index (κ2) is 30.8. The number of benzene rings is 3. The molecule has 0 spiro atoms. The number of hydrogen-bond donors (Lipinski definition) is 0. The Hall–Kier alpha value is -4.69. The van der Waals surface area contributed by atoms with Gasteiger partial charge in [0.15, 0.2) is 6.10 Å². The van der Waals surface area contributed by atoms with Crippen LogP contribution in [-0.4, -0.2) is 78.7 Å². The molecule has 69 heavy (non-hydrogen) atoms. The summed E-state index contributed by atoms with van der Waals surface area (Å²) in [5.74, 6) is -0.844. The van der Waals surface area contributed by atoms with Gasteiger partial charge in [-0.25, -0.2) is 29.1 Å². The Morgan fingerprint density at radius 1 is 0.768 bits per heavy atom. The number of carbonyl (C=O) groups excluding carboxylic acids is 2. The van der Waals surface area contributed by atoms with Gasteiger partial charge in [-0.2, -0.15) is 0 Å². The van der Waals surface area contributed by atoms with Gasteiger partial charge in [0, 0.05) is 4.91 Å². The molecule has 0 unspecified atom stereocenters. The maximum Gasteiger partial charge on any atom is 0.338 e. The first-order chi connectivity index (χ1) is 33.3. The van der Waals surface area contributed by atoms with E-state index < -0.39 is 66.1 Å². The highest BCUT2D eigenvalue weighted by atomic mass is 17.2. The second-order valence-corrected chi connectivity index (χ2v) is 19.4. The van der Waals surface area contributed by atoms with Gasteiger partial charge in [-0.3, -0.25) is 0 Å². The van der Waals surface area contributed by atoms with Crippen molar-refractivity contribution in [3.63, 3.8) is 0 Å². The van der Waals surface area contributed by atoms with E-state index in [0.29, 0.717) is 12.0 Å². The topological polar surface area (TPSA) is 166 Å². The predicted octanol–water partition coefficient (Wildman–Crippen LogP) is 12.7. The summed E-state index contributed by atoms with van der Waals surface area (Å²) in [6.45, 7) is 12.7. The number of nitrogens with zero attached hydrogens (tertiary/aromatic N) is 3. The van der Waals surface area contributed by atoms with Crippen LogP contribution in [0.2, 0.25) is 0 Å². The molecule has 0 amide bonds. The highest BCUT2D eigenvalue weighted by Gasteiger charge is 2.58. The lowest BCUT2D eigenvalue weighted by Crippen LogP contribution is -2.68. The van der Waals surface area contributed by atoms with Crippen LogP contribution >= 0.6 is 0 Å². The standard InChI is InChI=1S/C55H77N3O11/c1-8-9-10-11-12-13-14-15-16-17-18-19-29-36-47(65-52(60)45-34-27-22-28-35-45)46(57-58-56)41-63-55(37-38-59)51(62-40-44-32-25-21-26-33-44)50(61-39-43-30-23-20-24-31-43)49(67-69-54(5,6)7)48(66-55)42-64-68-53(2,3)4/h20-37,46-51H,8-19,39-42H2,1-7H3/b36-29+/t46-,47+,48+,49-,50-,51+,55-/m0/s1. The molecule has 3 aromatic rings. The molecule has 4 rings (SSSR count). The largest absolute Gasteiger partial charge is 0.454 e. The molecule has 0 aromatic heterocycles. The Bertz CT molecular complexity index is 2000. The Labute approximate surface area is 410 Å². The van der Waals surface area contributed by atoms with Gasteiger partial charge in [0.2, 0.25) is 5.79 Å². The number of carbonyl (C=O) groups is 1. The first kappa shape index (κ1) is 56.9. The lowest BCUT2D eigenvalue weighted by Gasteiger charge is -2.50. The minimum atomic E-state index is -2.11. The number of allylic oxidation sites excluding steroid dienone is 1. The van der Waals surface area contributed by atoms with E-state index in [4.69, 9.17) is 43.2 Å². The molecule has 1 saturated heterocycles. The number of rotatable bonds is 32. The van der Waals surface area contributed by atoms with E-state index in [1.54, 1.807) is 36.4 Å². The molecular weight excluding hydrogens is 879 g/mol. The molecule has 1 heterocycles. The van der Waals surface area contributed by atoms with Gasteiger partial charge in [0.1, 0.15) is 43.0 Å². The third kappa shape index (κ3) is 21.5. The fourth-order valence-electron chi connectivity index (χ4n) is 7.63. The summed E-state index contributed by atoms with van der Waals surface area (Å²) in [4.78, 5) is 53.3. The minimum Gasteiger partial charge on any atom is -0.454 e. The first-order valence-corrected chi connectivity index (χ1v) is 24.7. The third-order valence-electron chi connectivity index (χ3n) is 11.1. The third-order valence-corrected chi connectivity index (χ3v) is 11.1. The summed E-state index contributed by atoms with van der Waals surface area (Å²) < 4.78 is 33.1. The van der Waals surface area contributed by atoms with E-state index in [2.05, 4.69) is 16.9 Å². The molecule has 1 aliphatic rings. The Kier molecular flexibility index (Phi) is 25.4. The molecule has 1 fully saturated rings. The lowest BCUT2D eigenvalue weighted by molar-refractivity contribution is -0.451. The zero-order chi connectivity index (χ0) is 49.8. The highest BCUT2D eigenvalue weighted by Crippen LogP contribution is 2.39. The molecule has 14 heteroatoms. The van der Waals surface area contributed by atoms with Crippen molar-refractivity contribution < 1.29 is 52.8 Å². The average molecular weight is 956 g/mol. The zero-order valence-electron chi connectivity index (χ0n) is 42.0. The fourth-order valence-corrected chi connectivity index (χ4v) is 7.63. The molecule has 378 valence electrons. The van der Waals surface area contributed by atoms with Gasteiger partial charge in [-0.1, -0.05) is 161 Å². The summed E-state index contributed by atoms with van der Waals surface area (Å²) in [5, 5.41) is 4.11. The van der Waals surface area contributed by atoms with Crippen molar-refractivity contribution in [2.24, 2.45) is 5.11 Å². The van der Waals surface area contributed by atoms with Crippen LogP contribution in [-0.2, 0) is 61.2 Å². The Balaban J connectivity index is 1.70. The van der Waals surface area contributed by atoms with Crippen molar-refractivity contribution >= 4 is 11.9 Å². The van der Waals surface area contributed by atoms with Gasteiger partial charge in [-0.05, 0) is 89.3 Å². The monoisotopic (exact) mass is 956 g/mol. The predicted molar refractivity (Wildman–Crippen MR) is 265 cm³/mol. The van der Waals surface area contributed by atoms with E-state index in [1.165, 1.54) is 51.4 Å². The van der Waals surface area contributed by atoms with Crippen molar-refractivity contribution in [1.29, 1.82) is 0 Å². The fraction of sp³-hybridized carbons (Fsp3) is 0.582. The van der Waals surface area contributed by atoms with Gasteiger partial charge in [0.25, 0.3) is 0 Å². The van der Waals surface area contributed by atoms with Crippen LogP contribution in [0.15, 0.2) is 114 Å². The molecule has 14 nitrogen and oxygen atoms in total. The zero-order valence-corrected chi connectivity index (χ0v) is 42.0. The second-order valence-electron chi connectivity index (χ2n) is 19.4. The van der Waals surface area contributed by atoms with Crippen molar-refractivity contribution in [2.75, 3.05) is 13.2 Å². The van der Waals surface area contributed by atoms with E-state index in [-0.39, 0.29) is 19.8 Å². The summed E-state index contributed by atoms with van der Waals surface area (Å²) >= 11 is 0. The average Bonchev–Trinajstić information content (AvgIpc) is 3.33. The van der Waals surface area contributed by atoms with Crippen LogP contribution in [0, 0.1) is 0 Å². The Morgan fingerprint density at radius 2 is 1.32 bits per heavy atom. The molecule has 1 aliphatic heterocycles. The normalized spacial score (nSPS) is 20.4. The molecule has 0 N–H and O–H groups in total. The van der Waals surface area contributed by atoms with Gasteiger partial charge in [-0.15, -0.1) is 0 Å². The van der Waals surface area contributed by atoms with E-state index in [0.717, 1.165) is 36.5 Å². The van der Waals surface area contributed by atoms with Gasteiger partial charge in [0.05, 0.1) is 42.7 Å².